The summed E-state index contributed by atoms with van der Waals surface area (Å²) in [4.78, 5) is 4.69. The summed E-state index contributed by atoms with van der Waals surface area (Å²) in [5, 5.41) is 11.0. The highest BCUT2D eigenvalue weighted by atomic mass is 28.4. The van der Waals surface area contributed by atoms with Gasteiger partial charge in [-0.05, 0) is 62.3 Å². The lowest BCUT2D eigenvalue weighted by Crippen LogP contribution is -2.45. The van der Waals surface area contributed by atoms with Crippen molar-refractivity contribution < 1.29 is 18.7 Å². The summed E-state index contributed by atoms with van der Waals surface area (Å²) in [5.74, 6) is 0.337. The van der Waals surface area contributed by atoms with Crippen molar-refractivity contribution in [3.8, 4) is 17.0 Å². The fraction of sp³-hybridized carbons (Fsp3) is 0.542. The van der Waals surface area contributed by atoms with Crippen LogP contribution in [0.1, 0.15) is 45.9 Å². The van der Waals surface area contributed by atoms with Gasteiger partial charge in [-0.2, -0.15) is 0 Å². The maximum atomic E-state index is 13.5. The average Bonchev–Trinajstić information content (AvgIpc) is 3.03. The molecule has 1 aliphatic rings. The van der Waals surface area contributed by atoms with E-state index in [0.29, 0.717) is 30.4 Å². The number of aromatic nitrogens is 1. The van der Waals surface area contributed by atoms with E-state index in [-0.39, 0.29) is 17.4 Å². The molecule has 0 saturated heterocycles. The molecule has 0 bridgehead atoms. The summed E-state index contributed by atoms with van der Waals surface area (Å²) in [6, 6.07) is 8.02. The Labute approximate surface area is 185 Å². The second-order valence-electron chi connectivity index (χ2n) is 10.6. The summed E-state index contributed by atoms with van der Waals surface area (Å²) in [5.41, 5.74) is 6.84. The molecule has 3 rings (SSSR count). The van der Waals surface area contributed by atoms with Gasteiger partial charge in [0, 0.05) is 24.3 Å². The Morgan fingerprint density at radius 2 is 1.84 bits per heavy atom. The third kappa shape index (κ3) is 4.55. The SMILES string of the molecule is CC(O)(CN)c1cc2c(c(-c3ccc(F)cc3)n1)OC[C@]2(C)CO[Si](C)(C)C(C)(C)C. The van der Waals surface area contributed by atoms with Gasteiger partial charge in [0.15, 0.2) is 8.32 Å². The van der Waals surface area contributed by atoms with Crippen LogP contribution in [0.2, 0.25) is 18.1 Å². The molecule has 170 valence electrons. The van der Waals surface area contributed by atoms with E-state index in [2.05, 4.69) is 40.8 Å². The van der Waals surface area contributed by atoms with E-state index in [9.17, 15) is 9.50 Å². The van der Waals surface area contributed by atoms with Gasteiger partial charge in [0.05, 0.1) is 11.1 Å². The van der Waals surface area contributed by atoms with E-state index in [0.717, 1.165) is 11.1 Å². The van der Waals surface area contributed by atoms with E-state index in [1.54, 1.807) is 19.1 Å². The van der Waals surface area contributed by atoms with Crippen LogP contribution in [0, 0.1) is 5.82 Å². The molecule has 1 aromatic carbocycles. The number of ether oxygens (including phenoxy) is 1. The van der Waals surface area contributed by atoms with Crippen LogP contribution in [0.15, 0.2) is 30.3 Å². The zero-order chi connectivity index (χ0) is 23.2. The molecule has 0 spiro atoms. The molecule has 2 atom stereocenters. The molecule has 0 amide bonds. The van der Waals surface area contributed by atoms with Crippen LogP contribution in [0.4, 0.5) is 4.39 Å². The number of hydrogen-bond donors (Lipinski definition) is 2. The van der Waals surface area contributed by atoms with E-state index >= 15 is 0 Å². The van der Waals surface area contributed by atoms with Crippen LogP contribution in [0.3, 0.4) is 0 Å². The van der Waals surface area contributed by atoms with Gasteiger partial charge in [-0.1, -0.05) is 20.8 Å². The normalized spacial score (nSPS) is 20.8. The summed E-state index contributed by atoms with van der Waals surface area (Å²) < 4.78 is 26.2. The predicted molar refractivity (Wildman–Crippen MR) is 124 cm³/mol. The van der Waals surface area contributed by atoms with Crippen molar-refractivity contribution in [3.05, 3.63) is 47.4 Å². The molecule has 0 fully saturated rings. The van der Waals surface area contributed by atoms with Crippen molar-refractivity contribution in [2.75, 3.05) is 19.8 Å². The Balaban J connectivity index is 2.10. The maximum Gasteiger partial charge on any atom is 0.192 e. The maximum absolute atomic E-state index is 13.5. The molecule has 0 saturated carbocycles. The fourth-order valence-corrected chi connectivity index (χ4v) is 4.41. The number of nitrogens with zero attached hydrogens (tertiary/aromatic N) is 1. The van der Waals surface area contributed by atoms with Crippen molar-refractivity contribution in [3.63, 3.8) is 0 Å². The highest BCUT2D eigenvalue weighted by Crippen LogP contribution is 2.47. The molecule has 1 aromatic heterocycles. The number of pyridine rings is 1. The predicted octanol–water partition coefficient (Wildman–Crippen LogP) is 4.73. The molecule has 1 aliphatic heterocycles. The van der Waals surface area contributed by atoms with Gasteiger partial charge in [0.1, 0.15) is 29.5 Å². The molecule has 7 heteroatoms. The lowest BCUT2D eigenvalue weighted by atomic mass is 9.83. The highest BCUT2D eigenvalue weighted by molar-refractivity contribution is 6.74. The van der Waals surface area contributed by atoms with E-state index in [1.165, 1.54) is 12.1 Å². The summed E-state index contributed by atoms with van der Waals surface area (Å²) in [7, 11) is -1.96. The first kappa shape index (κ1) is 23.9. The van der Waals surface area contributed by atoms with Gasteiger partial charge < -0.3 is 20.0 Å². The quantitative estimate of drug-likeness (QED) is 0.628. The smallest absolute Gasteiger partial charge is 0.192 e. The molecular formula is C24H35FN2O3Si. The third-order valence-electron chi connectivity index (χ3n) is 6.78. The first-order valence-corrected chi connectivity index (χ1v) is 13.6. The summed E-state index contributed by atoms with van der Waals surface area (Å²) in [6.45, 7) is 15.9. The number of aliphatic hydroxyl groups is 1. The number of benzene rings is 1. The number of rotatable bonds is 6. The zero-order valence-corrected chi connectivity index (χ0v) is 20.7. The zero-order valence-electron chi connectivity index (χ0n) is 19.7. The standard InChI is InChI=1S/C24H35FN2O3Si/c1-22(2,3)31(6,7)30-15-23(4)14-29-21-18(23)12-19(24(5,28)13-26)27-20(21)16-8-10-17(25)11-9-16/h8-12,28H,13-15,26H2,1-7H3/t23-,24?/m1/s1. The van der Waals surface area contributed by atoms with E-state index in [1.807, 2.05) is 6.07 Å². The van der Waals surface area contributed by atoms with Crippen LogP contribution >= 0.6 is 0 Å². The van der Waals surface area contributed by atoms with E-state index in [4.69, 9.17) is 19.9 Å². The van der Waals surface area contributed by atoms with Crippen molar-refractivity contribution >= 4 is 8.32 Å². The Morgan fingerprint density at radius 3 is 2.39 bits per heavy atom. The van der Waals surface area contributed by atoms with Crippen LogP contribution in [-0.4, -0.2) is 38.2 Å². The summed E-state index contributed by atoms with van der Waals surface area (Å²) >= 11 is 0. The molecular weight excluding hydrogens is 411 g/mol. The molecule has 0 radical (unpaired) electrons. The Kier molecular flexibility index (Phi) is 6.12. The van der Waals surface area contributed by atoms with Gasteiger partial charge in [0.2, 0.25) is 0 Å². The van der Waals surface area contributed by atoms with Gasteiger partial charge in [0.25, 0.3) is 0 Å². The number of fused-ring (bicyclic) bond motifs is 1. The van der Waals surface area contributed by atoms with Crippen LogP contribution in [-0.2, 0) is 15.4 Å². The Bertz CT molecular complexity index is 955. The Hall–Kier alpha value is -1.80. The number of hydrogen-bond acceptors (Lipinski definition) is 5. The van der Waals surface area contributed by atoms with Crippen LogP contribution in [0.5, 0.6) is 5.75 Å². The van der Waals surface area contributed by atoms with Crippen LogP contribution < -0.4 is 10.5 Å². The van der Waals surface area contributed by atoms with Gasteiger partial charge in [-0.3, -0.25) is 0 Å². The minimum absolute atomic E-state index is 0.0275. The molecule has 2 heterocycles. The average molecular weight is 447 g/mol. The van der Waals surface area contributed by atoms with E-state index < -0.39 is 19.3 Å². The minimum Gasteiger partial charge on any atom is -0.490 e. The third-order valence-corrected chi connectivity index (χ3v) is 11.3. The second-order valence-corrected chi connectivity index (χ2v) is 15.4. The minimum atomic E-state index is -1.96. The lowest BCUT2D eigenvalue weighted by Gasteiger charge is -2.38. The largest absolute Gasteiger partial charge is 0.490 e. The Morgan fingerprint density at radius 1 is 1.23 bits per heavy atom. The molecule has 1 unspecified atom stereocenters. The van der Waals surface area contributed by atoms with Crippen molar-refractivity contribution in [2.24, 2.45) is 5.73 Å². The molecule has 0 aliphatic carbocycles. The molecule has 3 N–H and O–H groups in total. The second kappa shape index (κ2) is 7.96. The van der Waals surface area contributed by atoms with Gasteiger partial charge in [-0.25, -0.2) is 9.37 Å². The molecule has 31 heavy (non-hydrogen) atoms. The fourth-order valence-electron chi connectivity index (χ4n) is 3.30. The monoisotopic (exact) mass is 446 g/mol. The lowest BCUT2D eigenvalue weighted by molar-refractivity contribution is 0.0621. The number of nitrogens with two attached hydrogens (primary N) is 1. The van der Waals surface area contributed by atoms with Crippen molar-refractivity contribution in [1.82, 2.24) is 4.98 Å². The van der Waals surface area contributed by atoms with Crippen molar-refractivity contribution in [2.45, 2.75) is 63.8 Å². The van der Waals surface area contributed by atoms with Crippen molar-refractivity contribution in [1.29, 1.82) is 0 Å². The summed E-state index contributed by atoms with van der Waals surface area (Å²) in [6.07, 6.45) is 0. The molecule has 5 nitrogen and oxygen atoms in total. The first-order chi connectivity index (χ1) is 14.2. The highest BCUT2D eigenvalue weighted by Gasteiger charge is 2.44. The number of halogens is 1. The molecule has 2 aromatic rings. The topological polar surface area (TPSA) is 77.6 Å². The van der Waals surface area contributed by atoms with Gasteiger partial charge >= 0.3 is 0 Å². The first-order valence-electron chi connectivity index (χ1n) is 10.7. The van der Waals surface area contributed by atoms with Gasteiger partial charge in [-0.15, -0.1) is 0 Å². The van der Waals surface area contributed by atoms with Crippen LogP contribution in [0.25, 0.3) is 11.3 Å².